The molecule has 0 radical (unpaired) electrons. The number of ether oxygens (including phenoxy) is 1. The smallest absolute Gasteiger partial charge is 0.344 e. The molecule has 0 unspecified atom stereocenters. The lowest BCUT2D eigenvalue weighted by molar-refractivity contribution is -0.137. The van der Waals surface area contributed by atoms with Crippen LogP contribution in [-0.4, -0.2) is 32.2 Å². The average Bonchev–Trinajstić information content (AvgIpc) is 2.89. The van der Waals surface area contributed by atoms with Gasteiger partial charge in [-0.25, -0.2) is 13.2 Å². The maximum Gasteiger partial charge on any atom is 0.344 e. The number of rotatable bonds is 6. The van der Waals surface area contributed by atoms with E-state index in [0.29, 0.717) is 6.16 Å². The second kappa shape index (κ2) is 11.9. The Balaban J connectivity index is 0.000000261. The van der Waals surface area contributed by atoms with Gasteiger partial charge >= 0.3 is 5.97 Å². The van der Waals surface area contributed by atoms with Crippen LogP contribution in [0.5, 0.6) is 0 Å². The van der Waals surface area contributed by atoms with Gasteiger partial charge < -0.3 is 9.29 Å². The summed E-state index contributed by atoms with van der Waals surface area (Å²) in [6, 6.07) is 36.7. The molecule has 0 saturated carbocycles. The zero-order valence-corrected chi connectivity index (χ0v) is 21.3. The van der Waals surface area contributed by atoms with Gasteiger partial charge in [0.05, 0.1) is 12.0 Å². The lowest BCUT2D eigenvalue weighted by atomic mass is 10.2. The van der Waals surface area contributed by atoms with Crippen molar-refractivity contribution in [3.05, 3.63) is 121 Å². The molecular weight excluding hydrogens is 479 g/mol. The molecule has 0 fully saturated rings. The maximum absolute atomic E-state index is 12.4. The van der Waals surface area contributed by atoms with E-state index >= 15 is 0 Å². The third kappa shape index (κ3) is 6.64. The van der Waals surface area contributed by atoms with Crippen LogP contribution in [0.25, 0.3) is 0 Å². The van der Waals surface area contributed by atoms with Crippen LogP contribution < -0.4 is 15.9 Å². The highest BCUT2D eigenvalue weighted by Crippen LogP contribution is 2.55. The lowest BCUT2D eigenvalue weighted by Gasteiger charge is -2.26. The molecular formula is C28H27O5PS. The third-order valence-corrected chi connectivity index (χ3v) is 10.6. The average molecular weight is 507 g/mol. The van der Waals surface area contributed by atoms with Crippen molar-refractivity contribution < 1.29 is 22.5 Å². The number of benzene rings is 4. The van der Waals surface area contributed by atoms with Gasteiger partial charge in [0.15, 0.2) is 6.16 Å². The van der Waals surface area contributed by atoms with Crippen molar-refractivity contribution in [1.29, 1.82) is 0 Å². The first-order valence-electron chi connectivity index (χ1n) is 10.9. The van der Waals surface area contributed by atoms with E-state index in [0.717, 1.165) is 5.56 Å². The van der Waals surface area contributed by atoms with E-state index < -0.39 is 17.4 Å². The van der Waals surface area contributed by atoms with Gasteiger partial charge in [0.1, 0.15) is 33.3 Å². The second-order valence-corrected chi connectivity index (χ2v) is 12.7. The van der Waals surface area contributed by atoms with Gasteiger partial charge in [0.25, 0.3) is 0 Å². The molecule has 5 nitrogen and oxygen atoms in total. The predicted molar refractivity (Wildman–Crippen MR) is 141 cm³/mol. The van der Waals surface area contributed by atoms with Crippen LogP contribution in [0, 0.1) is 6.92 Å². The molecule has 0 aliphatic rings. The van der Waals surface area contributed by atoms with Gasteiger partial charge in [0.2, 0.25) is 0 Å². The monoisotopic (exact) mass is 506 g/mol. The van der Waals surface area contributed by atoms with E-state index in [-0.39, 0.29) is 10.9 Å². The van der Waals surface area contributed by atoms with Crippen LogP contribution in [0.1, 0.15) is 5.56 Å². The molecule has 0 saturated heterocycles. The Morgan fingerprint density at radius 2 is 1.09 bits per heavy atom. The summed E-state index contributed by atoms with van der Waals surface area (Å²) in [5.74, 6) is -0.181. The minimum absolute atomic E-state index is 0.178. The number of aryl methyl sites for hydroxylation is 1. The van der Waals surface area contributed by atoms with Crippen molar-refractivity contribution in [3.8, 4) is 0 Å². The minimum atomic E-state index is -4.27. The van der Waals surface area contributed by atoms with Crippen LogP contribution in [0.4, 0.5) is 0 Å². The summed E-state index contributed by atoms with van der Waals surface area (Å²) in [6.07, 6.45) is 0.363. The molecule has 0 amide bonds. The van der Waals surface area contributed by atoms with E-state index in [2.05, 4.69) is 36.4 Å². The highest BCUT2D eigenvalue weighted by Gasteiger charge is 2.47. The fourth-order valence-corrected chi connectivity index (χ4v) is 8.20. The minimum Gasteiger partial charge on any atom is -0.744 e. The first-order valence-corrected chi connectivity index (χ1v) is 14.3. The number of methoxy groups -OCH3 is 1. The summed E-state index contributed by atoms with van der Waals surface area (Å²) in [5.41, 5.74) is 0.928. The fraction of sp³-hybridized carbons (Fsp3) is 0.107. The van der Waals surface area contributed by atoms with Gasteiger partial charge in [-0.15, -0.1) is 0 Å². The Kier molecular flexibility index (Phi) is 8.94. The molecule has 0 aliphatic heterocycles. The normalized spacial score (nSPS) is 11.2. The number of hydrogen-bond donors (Lipinski definition) is 0. The number of hydrogen-bond acceptors (Lipinski definition) is 5. The Hall–Kier alpha value is -3.31. The third-order valence-electron chi connectivity index (χ3n) is 5.49. The first kappa shape index (κ1) is 26.3. The molecule has 180 valence electrons. The molecule has 0 aliphatic carbocycles. The molecule has 4 aromatic rings. The largest absolute Gasteiger partial charge is 0.744 e. The molecule has 0 spiro atoms. The number of carbonyl (C=O) groups is 1. The number of carbonyl (C=O) groups excluding carboxylic acids is 1. The standard InChI is InChI=1S/C21H20O2P.C7H8O3S/c1-23-21(22)17-24(18-11-5-2-6-12-18,19-13-7-3-8-14-19)20-15-9-4-10-16-20;1-6-2-4-7(5-3-6)11(8,9)10/h2-16H,17H2,1H3;2-5H,1H3,(H,8,9,10)/q+1;/p-1. The first-order chi connectivity index (χ1) is 16.8. The summed E-state index contributed by atoms with van der Waals surface area (Å²) in [5, 5.41) is 3.56. The summed E-state index contributed by atoms with van der Waals surface area (Å²) in [6.45, 7) is 1.82. The fourth-order valence-electron chi connectivity index (χ4n) is 3.73. The summed E-state index contributed by atoms with van der Waals surface area (Å²) in [7, 11) is -4.91. The maximum atomic E-state index is 12.4. The van der Waals surface area contributed by atoms with Crippen LogP contribution >= 0.6 is 7.26 Å². The van der Waals surface area contributed by atoms with Crippen molar-refractivity contribution >= 4 is 39.3 Å². The molecule has 0 atom stereocenters. The van der Waals surface area contributed by atoms with Gasteiger partial charge in [-0.05, 0) is 55.5 Å². The van der Waals surface area contributed by atoms with E-state index in [4.69, 9.17) is 4.74 Å². The topological polar surface area (TPSA) is 83.5 Å². The highest BCUT2D eigenvalue weighted by atomic mass is 32.2. The van der Waals surface area contributed by atoms with E-state index in [1.54, 1.807) is 12.1 Å². The van der Waals surface area contributed by atoms with Gasteiger partial charge in [-0.2, -0.15) is 0 Å². The zero-order valence-electron chi connectivity index (χ0n) is 19.6. The molecule has 0 bridgehead atoms. The Morgan fingerprint density at radius 1 is 0.714 bits per heavy atom. The van der Waals surface area contributed by atoms with E-state index in [1.165, 1.54) is 35.2 Å². The van der Waals surface area contributed by atoms with Gasteiger partial charge in [-0.1, -0.05) is 72.3 Å². The van der Waals surface area contributed by atoms with Crippen molar-refractivity contribution in [2.24, 2.45) is 0 Å². The van der Waals surface area contributed by atoms with Gasteiger partial charge in [0, 0.05) is 0 Å². The molecule has 0 N–H and O–H groups in total. The summed E-state index contributed by atoms with van der Waals surface area (Å²) in [4.78, 5) is 12.2. The van der Waals surface area contributed by atoms with Crippen molar-refractivity contribution in [2.75, 3.05) is 13.3 Å². The molecule has 35 heavy (non-hydrogen) atoms. The number of esters is 1. The Labute approximate surface area is 207 Å². The van der Waals surface area contributed by atoms with E-state index in [9.17, 15) is 17.8 Å². The lowest BCUT2D eigenvalue weighted by Crippen LogP contribution is -2.36. The van der Waals surface area contributed by atoms with Gasteiger partial charge in [-0.3, -0.25) is 0 Å². The van der Waals surface area contributed by atoms with Crippen molar-refractivity contribution in [3.63, 3.8) is 0 Å². The van der Waals surface area contributed by atoms with Crippen LogP contribution in [-0.2, 0) is 19.6 Å². The molecule has 0 aromatic heterocycles. The van der Waals surface area contributed by atoms with E-state index in [1.807, 2.05) is 61.5 Å². The van der Waals surface area contributed by atoms with Crippen LogP contribution in [0.15, 0.2) is 120 Å². The molecule has 0 heterocycles. The second-order valence-electron chi connectivity index (χ2n) is 7.82. The summed E-state index contributed by atoms with van der Waals surface area (Å²) < 4.78 is 36.2. The quantitative estimate of drug-likeness (QED) is 0.224. The SMILES string of the molecule is COC(=O)C[P+](c1ccccc1)(c1ccccc1)c1ccccc1.Cc1ccc(S(=O)(=O)[O-])cc1. The molecule has 4 rings (SSSR count). The highest BCUT2D eigenvalue weighted by molar-refractivity contribution is 7.96. The zero-order chi connectivity index (χ0) is 25.3. The summed E-state index contributed by atoms with van der Waals surface area (Å²) >= 11 is 0. The predicted octanol–water partition coefficient (Wildman–Crippen LogP) is 4.05. The Bertz CT molecular complexity index is 1230. The molecule has 4 aromatic carbocycles. The van der Waals surface area contributed by atoms with Crippen LogP contribution in [0.2, 0.25) is 0 Å². The Morgan fingerprint density at radius 3 is 1.40 bits per heavy atom. The molecule has 7 heteroatoms. The van der Waals surface area contributed by atoms with Crippen molar-refractivity contribution in [1.82, 2.24) is 0 Å². The van der Waals surface area contributed by atoms with Crippen molar-refractivity contribution in [2.45, 2.75) is 11.8 Å². The van der Waals surface area contributed by atoms with Crippen LogP contribution in [0.3, 0.4) is 0 Å².